The fraction of sp³-hybridized carbons (Fsp3) is 0.643. The minimum atomic E-state index is -0.0862. The summed E-state index contributed by atoms with van der Waals surface area (Å²) in [6.07, 6.45) is 5.80. The van der Waals surface area contributed by atoms with Gasteiger partial charge in [0.15, 0.2) is 0 Å². The molecule has 108 valence electrons. The maximum Gasteiger partial charge on any atom is 0.323 e. The molecule has 2 fully saturated rings. The van der Waals surface area contributed by atoms with E-state index in [0.717, 1.165) is 45.0 Å². The van der Waals surface area contributed by atoms with Crippen LogP contribution in [0.2, 0.25) is 0 Å². The summed E-state index contributed by atoms with van der Waals surface area (Å²) in [7, 11) is 1.48. The van der Waals surface area contributed by atoms with Crippen molar-refractivity contribution in [2.24, 2.45) is 5.92 Å². The number of nitrogens with zero attached hydrogens (tertiary/aromatic N) is 4. The van der Waals surface area contributed by atoms with Crippen LogP contribution in [0.3, 0.4) is 0 Å². The Balaban J connectivity index is 1.61. The average Bonchev–Trinajstić information content (AvgIpc) is 3.34. The standard InChI is InChI=1S/C14H20N4O2/c1-20-13(19)12(11-3-4-11)17-7-9-18(10-8-17)14-15-5-2-6-16-14/h2,5-6,11-12H,3-4,7-10H2,1H3. The van der Waals surface area contributed by atoms with Crippen LogP contribution in [-0.2, 0) is 9.53 Å². The molecule has 6 heteroatoms. The highest BCUT2D eigenvalue weighted by Gasteiger charge is 2.41. The van der Waals surface area contributed by atoms with Gasteiger partial charge in [0.1, 0.15) is 6.04 Å². The van der Waals surface area contributed by atoms with Crippen LogP contribution >= 0.6 is 0 Å². The highest BCUT2D eigenvalue weighted by Crippen LogP contribution is 2.36. The molecular weight excluding hydrogens is 256 g/mol. The lowest BCUT2D eigenvalue weighted by molar-refractivity contribution is -0.148. The van der Waals surface area contributed by atoms with Crippen LogP contribution < -0.4 is 4.90 Å². The molecule has 0 spiro atoms. The van der Waals surface area contributed by atoms with E-state index in [2.05, 4.69) is 19.8 Å². The maximum atomic E-state index is 11.9. The quantitative estimate of drug-likeness (QED) is 0.749. The lowest BCUT2D eigenvalue weighted by atomic mass is 10.1. The summed E-state index contributed by atoms with van der Waals surface area (Å²) in [5.74, 6) is 1.17. The fourth-order valence-corrected chi connectivity index (χ4v) is 2.83. The number of carbonyl (C=O) groups excluding carboxylic acids is 1. The summed E-state index contributed by atoms with van der Waals surface area (Å²) in [4.78, 5) is 24.9. The molecule has 1 unspecified atom stereocenters. The molecule has 0 aromatic carbocycles. The predicted octanol–water partition coefficient (Wildman–Crippen LogP) is 0.550. The summed E-state index contributed by atoms with van der Waals surface area (Å²) in [6, 6.07) is 1.76. The van der Waals surface area contributed by atoms with E-state index in [9.17, 15) is 4.79 Å². The minimum Gasteiger partial charge on any atom is -0.468 e. The molecule has 1 atom stereocenters. The lowest BCUT2D eigenvalue weighted by Gasteiger charge is -2.38. The number of ether oxygens (including phenoxy) is 1. The van der Waals surface area contributed by atoms with E-state index in [4.69, 9.17) is 4.74 Å². The molecule has 1 saturated carbocycles. The monoisotopic (exact) mass is 276 g/mol. The third-order valence-electron chi connectivity index (χ3n) is 4.05. The molecule has 0 amide bonds. The minimum absolute atomic E-state index is 0.0566. The van der Waals surface area contributed by atoms with Gasteiger partial charge in [-0.15, -0.1) is 0 Å². The molecular formula is C14H20N4O2. The molecule has 1 aromatic heterocycles. The Kier molecular flexibility index (Phi) is 3.82. The summed E-state index contributed by atoms with van der Waals surface area (Å²) in [5.41, 5.74) is 0. The SMILES string of the molecule is COC(=O)C(C1CC1)N1CCN(c2ncccn2)CC1. The van der Waals surface area contributed by atoms with Crippen LogP contribution in [0.1, 0.15) is 12.8 Å². The normalized spacial score (nSPS) is 21.6. The number of hydrogen-bond acceptors (Lipinski definition) is 6. The van der Waals surface area contributed by atoms with Gasteiger partial charge in [-0.3, -0.25) is 9.69 Å². The third kappa shape index (κ3) is 2.75. The molecule has 6 nitrogen and oxygen atoms in total. The molecule has 0 radical (unpaired) electrons. The van der Waals surface area contributed by atoms with Crippen LogP contribution in [0.5, 0.6) is 0 Å². The molecule has 2 aliphatic rings. The molecule has 1 aromatic rings. The van der Waals surface area contributed by atoms with Crippen LogP contribution in [0.15, 0.2) is 18.5 Å². The summed E-state index contributed by atoms with van der Waals surface area (Å²) in [5, 5.41) is 0. The number of hydrogen-bond donors (Lipinski definition) is 0. The number of anilines is 1. The van der Waals surface area contributed by atoms with E-state index < -0.39 is 0 Å². The number of carbonyl (C=O) groups is 1. The van der Waals surface area contributed by atoms with E-state index in [1.54, 1.807) is 12.4 Å². The van der Waals surface area contributed by atoms with Gasteiger partial charge in [-0.25, -0.2) is 9.97 Å². The number of esters is 1. The van der Waals surface area contributed by atoms with Gasteiger partial charge < -0.3 is 9.64 Å². The first kappa shape index (κ1) is 13.3. The maximum absolute atomic E-state index is 11.9. The molecule has 1 aliphatic heterocycles. The Bertz CT molecular complexity index is 456. The van der Waals surface area contributed by atoms with Gasteiger partial charge in [-0.05, 0) is 24.8 Å². The summed E-state index contributed by atoms with van der Waals surface area (Å²) < 4.78 is 4.96. The van der Waals surface area contributed by atoms with Crippen molar-refractivity contribution in [2.45, 2.75) is 18.9 Å². The van der Waals surface area contributed by atoms with E-state index >= 15 is 0 Å². The fourth-order valence-electron chi connectivity index (χ4n) is 2.83. The van der Waals surface area contributed by atoms with E-state index in [0.29, 0.717) is 5.92 Å². The first-order chi connectivity index (χ1) is 9.79. The topological polar surface area (TPSA) is 58.6 Å². The highest BCUT2D eigenvalue weighted by atomic mass is 16.5. The Morgan fingerprint density at radius 2 is 1.90 bits per heavy atom. The third-order valence-corrected chi connectivity index (χ3v) is 4.05. The second-order valence-corrected chi connectivity index (χ2v) is 5.38. The molecule has 1 saturated heterocycles. The summed E-state index contributed by atoms with van der Waals surface area (Å²) in [6.45, 7) is 3.41. The lowest BCUT2D eigenvalue weighted by Crippen LogP contribution is -2.54. The Hall–Kier alpha value is -1.69. The van der Waals surface area contributed by atoms with Crippen molar-refractivity contribution in [1.82, 2.24) is 14.9 Å². The smallest absolute Gasteiger partial charge is 0.323 e. The first-order valence-corrected chi connectivity index (χ1v) is 7.13. The molecule has 20 heavy (non-hydrogen) atoms. The van der Waals surface area contributed by atoms with Gasteiger partial charge in [-0.2, -0.15) is 0 Å². The van der Waals surface area contributed by atoms with E-state index in [1.165, 1.54) is 7.11 Å². The number of rotatable bonds is 4. The highest BCUT2D eigenvalue weighted by molar-refractivity contribution is 5.76. The number of methoxy groups -OCH3 is 1. The van der Waals surface area contributed by atoms with Gasteiger partial charge in [0.25, 0.3) is 0 Å². The van der Waals surface area contributed by atoms with Gasteiger partial charge in [0.2, 0.25) is 5.95 Å². The Morgan fingerprint density at radius 1 is 1.25 bits per heavy atom. The van der Waals surface area contributed by atoms with Gasteiger partial charge in [0.05, 0.1) is 7.11 Å². The second kappa shape index (κ2) is 5.75. The van der Waals surface area contributed by atoms with Crippen molar-refractivity contribution in [3.63, 3.8) is 0 Å². The molecule has 0 N–H and O–H groups in total. The molecule has 1 aliphatic carbocycles. The molecule has 3 rings (SSSR count). The molecule has 2 heterocycles. The van der Waals surface area contributed by atoms with Crippen molar-refractivity contribution in [1.29, 1.82) is 0 Å². The van der Waals surface area contributed by atoms with Crippen molar-refractivity contribution >= 4 is 11.9 Å². The second-order valence-electron chi connectivity index (χ2n) is 5.38. The van der Waals surface area contributed by atoms with Crippen molar-refractivity contribution < 1.29 is 9.53 Å². The van der Waals surface area contributed by atoms with E-state index in [-0.39, 0.29) is 12.0 Å². The van der Waals surface area contributed by atoms with Gasteiger partial charge in [0, 0.05) is 38.6 Å². The first-order valence-electron chi connectivity index (χ1n) is 7.13. The van der Waals surface area contributed by atoms with Crippen LogP contribution in [0, 0.1) is 5.92 Å². The average molecular weight is 276 g/mol. The van der Waals surface area contributed by atoms with Crippen molar-refractivity contribution in [3.05, 3.63) is 18.5 Å². The van der Waals surface area contributed by atoms with Crippen LogP contribution in [0.25, 0.3) is 0 Å². The largest absolute Gasteiger partial charge is 0.468 e. The Morgan fingerprint density at radius 3 is 2.45 bits per heavy atom. The van der Waals surface area contributed by atoms with Crippen molar-refractivity contribution in [3.8, 4) is 0 Å². The zero-order chi connectivity index (χ0) is 13.9. The predicted molar refractivity (Wildman–Crippen MR) is 74.3 cm³/mol. The van der Waals surface area contributed by atoms with Crippen LogP contribution in [0.4, 0.5) is 5.95 Å². The van der Waals surface area contributed by atoms with Crippen LogP contribution in [-0.4, -0.2) is 60.2 Å². The summed E-state index contributed by atoms with van der Waals surface area (Å²) >= 11 is 0. The number of piperazine rings is 1. The molecule has 0 bridgehead atoms. The van der Waals surface area contributed by atoms with E-state index in [1.807, 2.05) is 6.07 Å². The zero-order valence-corrected chi connectivity index (χ0v) is 11.7. The van der Waals surface area contributed by atoms with Gasteiger partial charge in [-0.1, -0.05) is 0 Å². The number of aromatic nitrogens is 2. The Labute approximate surface area is 118 Å². The zero-order valence-electron chi connectivity index (χ0n) is 11.7. The van der Waals surface area contributed by atoms with Crippen molar-refractivity contribution in [2.75, 3.05) is 38.2 Å². The van der Waals surface area contributed by atoms with Gasteiger partial charge >= 0.3 is 5.97 Å².